The molecule has 0 N–H and O–H groups in total. The predicted octanol–water partition coefficient (Wildman–Crippen LogP) is 24.0. The second kappa shape index (κ2) is 68.8. The highest BCUT2D eigenvalue weighted by atomic mass is 16.6. The van der Waals surface area contributed by atoms with Crippen molar-refractivity contribution >= 4 is 17.9 Å². The molecule has 0 amide bonds. The van der Waals surface area contributed by atoms with Crippen LogP contribution in [0.5, 0.6) is 0 Å². The van der Waals surface area contributed by atoms with E-state index in [0.29, 0.717) is 19.3 Å². The highest BCUT2D eigenvalue weighted by Crippen LogP contribution is 2.17. The summed E-state index contributed by atoms with van der Waals surface area (Å²) in [6.07, 6.45) is 92.9. The normalized spacial score (nSPS) is 12.7. The fraction of sp³-hybridized carbons (Fsp3) is 0.747. The molecule has 0 aromatic heterocycles. The van der Waals surface area contributed by atoms with Gasteiger partial charge in [0.2, 0.25) is 0 Å². The Morgan fingerprint density at radius 3 is 0.802 bits per heavy atom. The molecule has 1 unspecified atom stereocenters. The first-order chi connectivity index (χ1) is 40.0. The van der Waals surface area contributed by atoms with E-state index in [1.807, 2.05) is 0 Å². The Hall–Kier alpha value is -3.67. The van der Waals surface area contributed by atoms with E-state index in [1.54, 1.807) is 0 Å². The smallest absolute Gasteiger partial charge is 0.306 e. The van der Waals surface area contributed by atoms with Gasteiger partial charge in [0.25, 0.3) is 0 Å². The lowest BCUT2D eigenvalue weighted by Gasteiger charge is -2.18. The zero-order valence-corrected chi connectivity index (χ0v) is 53.5. The molecule has 6 nitrogen and oxygen atoms in total. The Labute approximate surface area is 502 Å². The highest BCUT2D eigenvalue weighted by Gasteiger charge is 2.19. The first-order valence-electron chi connectivity index (χ1n) is 34.7. The summed E-state index contributed by atoms with van der Waals surface area (Å²) < 4.78 is 16.9. The molecule has 0 aromatic carbocycles. The number of esters is 3. The van der Waals surface area contributed by atoms with E-state index >= 15 is 0 Å². The minimum absolute atomic E-state index is 0.0820. The van der Waals surface area contributed by atoms with Crippen molar-refractivity contribution in [3.63, 3.8) is 0 Å². The van der Waals surface area contributed by atoms with Gasteiger partial charge in [0.1, 0.15) is 13.2 Å². The number of unbranched alkanes of at least 4 members (excludes halogenated alkanes) is 36. The Morgan fingerprint density at radius 1 is 0.259 bits per heavy atom. The molecular formula is C75H130O6. The van der Waals surface area contributed by atoms with Gasteiger partial charge in [-0.15, -0.1) is 0 Å². The van der Waals surface area contributed by atoms with Gasteiger partial charge in [-0.3, -0.25) is 14.4 Å². The summed E-state index contributed by atoms with van der Waals surface area (Å²) in [4.78, 5) is 38.4. The van der Waals surface area contributed by atoms with Gasteiger partial charge in [-0.1, -0.05) is 304 Å². The fourth-order valence-electron chi connectivity index (χ4n) is 9.84. The van der Waals surface area contributed by atoms with Crippen LogP contribution >= 0.6 is 0 Å². The Kier molecular flexibility index (Phi) is 65.7. The van der Waals surface area contributed by atoms with Crippen molar-refractivity contribution in [2.75, 3.05) is 13.2 Å². The standard InChI is InChI=1S/C75H130O6/c1-4-7-10-13-16-19-22-25-28-30-31-32-33-34-35-36-37-38-39-40-41-42-43-44-45-46-48-50-53-56-59-62-65-68-74(77)80-71-72(70-79-73(76)67-64-61-58-55-52-49-27-24-21-18-15-12-9-6-3)81-75(78)69-66-63-60-57-54-51-47-29-26-23-20-17-14-11-8-5-2/h7,10,15-16,18-19,24-25,27-29,31-32,34-35,47,72H,4-6,8-9,11-14,17,20-23,26,30,33,36-46,48-71H2,1-3H3/b10-7-,18-15-,19-16-,27-24-,28-25-,32-31-,35-34-,47-29-. The molecule has 0 aliphatic carbocycles. The third-order valence-corrected chi connectivity index (χ3v) is 15.0. The van der Waals surface area contributed by atoms with Crippen molar-refractivity contribution in [2.45, 2.75) is 348 Å². The molecule has 0 aliphatic heterocycles. The van der Waals surface area contributed by atoms with Crippen LogP contribution in [0, 0.1) is 0 Å². The molecule has 0 saturated carbocycles. The SMILES string of the molecule is CC/C=C\C/C=C\C/C=C\C/C=C\C/C=C\CCCCCCCCCCCCCCCCCCCC(=O)OCC(COC(=O)CCCCCCC/C=C\C/C=C\CCCC)OC(=O)CCCCCCC/C=C\CCCCCCCCC. The molecule has 0 saturated heterocycles. The van der Waals surface area contributed by atoms with Crippen LogP contribution in [0.4, 0.5) is 0 Å². The topological polar surface area (TPSA) is 78.9 Å². The minimum atomic E-state index is -0.787. The summed E-state index contributed by atoms with van der Waals surface area (Å²) in [6, 6.07) is 0. The van der Waals surface area contributed by atoms with E-state index in [1.165, 1.54) is 180 Å². The van der Waals surface area contributed by atoms with Crippen molar-refractivity contribution in [3.05, 3.63) is 97.2 Å². The zero-order valence-electron chi connectivity index (χ0n) is 53.5. The lowest BCUT2D eigenvalue weighted by Crippen LogP contribution is -2.30. The third-order valence-electron chi connectivity index (χ3n) is 15.0. The molecule has 0 radical (unpaired) electrons. The van der Waals surface area contributed by atoms with Crippen molar-refractivity contribution in [1.82, 2.24) is 0 Å². The molecule has 0 bridgehead atoms. The second-order valence-electron chi connectivity index (χ2n) is 23.1. The number of hydrogen-bond donors (Lipinski definition) is 0. The summed E-state index contributed by atoms with van der Waals surface area (Å²) in [5, 5.41) is 0. The first kappa shape index (κ1) is 77.3. The van der Waals surface area contributed by atoms with Crippen molar-refractivity contribution in [2.24, 2.45) is 0 Å². The summed E-state index contributed by atoms with van der Waals surface area (Å²) in [7, 11) is 0. The Bertz CT molecular complexity index is 1580. The van der Waals surface area contributed by atoms with Crippen LogP contribution in [0.1, 0.15) is 342 Å². The maximum absolute atomic E-state index is 12.9. The molecule has 0 spiro atoms. The van der Waals surface area contributed by atoms with E-state index < -0.39 is 6.10 Å². The van der Waals surface area contributed by atoms with Crippen molar-refractivity contribution in [3.8, 4) is 0 Å². The van der Waals surface area contributed by atoms with Gasteiger partial charge in [0, 0.05) is 19.3 Å². The van der Waals surface area contributed by atoms with Crippen LogP contribution in [0.3, 0.4) is 0 Å². The monoisotopic (exact) mass is 1130 g/mol. The van der Waals surface area contributed by atoms with Gasteiger partial charge in [-0.05, 0) is 116 Å². The number of rotatable bonds is 63. The van der Waals surface area contributed by atoms with Crippen molar-refractivity contribution < 1.29 is 28.6 Å². The molecule has 0 heterocycles. The fourth-order valence-corrected chi connectivity index (χ4v) is 9.84. The Morgan fingerprint density at radius 2 is 0.494 bits per heavy atom. The highest BCUT2D eigenvalue weighted by molar-refractivity contribution is 5.71. The van der Waals surface area contributed by atoms with E-state index in [0.717, 1.165) is 122 Å². The molecule has 0 fully saturated rings. The lowest BCUT2D eigenvalue weighted by atomic mass is 10.0. The van der Waals surface area contributed by atoms with Gasteiger partial charge in [-0.25, -0.2) is 0 Å². The van der Waals surface area contributed by atoms with Gasteiger partial charge in [-0.2, -0.15) is 0 Å². The van der Waals surface area contributed by atoms with Crippen LogP contribution in [0.25, 0.3) is 0 Å². The Balaban J connectivity index is 4.19. The number of carbonyl (C=O) groups is 3. The van der Waals surface area contributed by atoms with E-state index in [4.69, 9.17) is 14.2 Å². The van der Waals surface area contributed by atoms with Crippen LogP contribution in [-0.2, 0) is 28.6 Å². The summed E-state index contributed by atoms with van der Waals surface area (Å²) in [5.74, 6) is -0.890. The average molecular weight is 1130 g/mol. The van der Waals surface area contributed by atoms with Gasteiger partial charge < -0.3 is 14.2 Å². The molecule has 81 heavy (non-hydrogen) atoms. The van der Waals surface area contributed by atoms with Gasteiger partial charge in [0.05, 0.1) is 0 Å². The molecule has 1 atom stereocenters. The first-order valence-corrected chi connectivity index (χ1v) is 34.7. The molecule has 6 heteroatoms. The summed E-state index contributed by atoms with van der Waals surface area (Å²) >= 11 is 0. The summed E-state index contributed by atoms with van der Waals surface area (Å²) in [5.41, 5.74) is 0. The van der Waals surface area contributed by atoms with Gasteiger partial charge >= 0.3 is 17.9 Å². The number of ether oxygens (including phenoxy) is 3. The molecule has 0 aromatic rings. The minimum Gasteiger partial charge on any atom is -0.462 e. The second-order valence-corrected chi connectivity index (χ2v) is 23.1. The van der Waals surface area contributed by atoms with Crippen LogP contribution in [-0.4, -0.2) is 37.2 Å². The van der Waals surface area contributed by atoms with Crippen LogP contribution in [0.15, 0.2) is 97.2 Å². The number of hydrogen-bond acceptors (Lipinski definition) is 6. The quantitative estimate of drug-likeness (QED) is 0.0261. The molecule has 0 aliphatic rings. The molecular weight excluding hydrogens is 997 g/mol. The van der Waals surface area contributed by atoms with Gasteiger partial charge in [0.15, 0.2) is 6.10 Å². The third kappa shape index (κ3) is 67.0. The zero-order chi connectivity index (χ0) is 58.5. The summed E-state index contributed by atoms with van der Waals surface area (Å²) in [6.45, 7) is 6.50. The van der Waals surface area contributed by atoms with Crippen LogP contribution in [0.2, 0.25) is 0 Å². The van der Waals surface area contributed by atoms with E-state index in [9.17, 15) is 14.4 Å². The van der Waals surface area contributed by atoms with Crippen LogP contribution < -0.4 is 0 Å². The van der Waals surface area contributed by atoms with E-state index in [2.05, 4.69) is 118 Å². The lowest BCUT2D eigenvalue weighted by molar-refractivity contribution is -0.167. The largest absolute Gasteiger partial charge is 0.462 e. The van der Waals surface area contributed by atoms with E-state index in [-0.39, 0.29) is 31.1 Å². The van der Waals surface area contributed by atoms with Crippen molar-refractivity contribution in [1.29, 1.82) is 0 Å². The number of carbonyl (C=O) groups excluding carboxylic acids is 3. The maximum Gasteiger partial charge on any atom is 0.306 e. The number of allylic oxidation sites excluding steroid dienone is 16. The predicted molar refractivity (Wildman–Crippen MR) is 353 cm³/mol. The molecule has 0 rings (SSSR count). The average Bonchev–Trinajstić information content (AvgIpc) is 3.47. The maximum atomic E-state index is 12.9. The molecule has 466 valence electrons.